The minimum atomic E-state index is 0.374. The van der Waals surface area contributed by atoms with E-state index in [2.05, 4.69) is 19.6 Å². The molecule has 88 valence electrons. The van der Waals surface area contributed by atoms with Crippen LogP contribution < -0.4 is 11.1 Å². The monoisotopic (exact) mass is 239 g/mol. The second-order valence-electron chi connectivity index (χ2n) is 4.72. The van der Waals surface area contributed by atoms with Crippen LogP contribution in [0.15, 0.2) is 0 Å². The fourth-order valence-corrected chi connectivity index (χ4v) is 2.84. The highest BCUT2D eigenvalue weighted by molar-refractivity contribution is 7.09. The summed E-state index contributed by atoms with van der Waals surface area (Å²) in [6.45, 7) is 3.51. The lowest BCUT2D eigenvalue weighted by molar-refractivity contribution is 0.316. The smallest absolute Gasteiger partial charge is 0.233 e. The number of nitrogens with one attached hydrogen (secondary N) is 1. The minimum Gasteiger partial charge on any atom is -0.367 e. The van der Waals surface area contributed by atoms with E-state index in [9.17, 15) is 0 Å². The third kappa shape index (κ3) is 2.27. The van der Waals surface area contributed by atoms with E-state index >= 15 is 0 Å². The van der Waals surface area contributed by atoms with Crippen LogP contribution in [0.5, 0.6) is 0 Å². The second-order valence-corrected chi connectivity index (χ2v) is 5.47. The molecule has 3 N–H and O–H groups in total. The van der Waals surface area contributed by atoms with Gasteiger partial charge in [-0.2, -0.15) is 9.36 Å². The van der Waals surface area contributed by atoms with Crippen molar-refractivity contribution in [1.29, 1.82) is 0 Å². The summed E-state index contributed by atoms with van der Waals surface area (Å²) in [5.74, 6) is 1.13. The molecule has 1 atom stereocenters. The molecule has 0 radical (unpaired) electrons. The molecule has 1 aliphatic heterocycles. The first-order valence-electron chi connectivity index (χ1n) is 5.88. The molecular formula is C10H17N5S. The van der Waals surface area contributed by atoms with E-state index in [1.165, 1.54) is 43.9 Å². The molecule has 5 nitrogen and oxygen atoms in total. The summed E-state index contributed by atoms with van der Waals surface area (Å²) in [6.07, 6.45) is 4.12. The summed E-state index contributed by atoms with van der Waals surface area (Å²) < 4.78 is 3.95. The predicted molar refractivity (Wildman–Crippen MR) is 65.5 cm³/mol. The number of rotatable bonds is 4. The normalized spacial score (nSPS) is 26.1. The molecule has 0 spiro atoms. The first-order valence-corrected chi connectivity index (χ1v) is 6.66. The lowest BCUT2D eigenvalue weighted by atomic mass is 10.1. The molecule has 2 heterocycles. The van der Waals surface area contributed by atoms with Crippen LogP contribution in [0.2, 0.25) is 0 Å². The summed E-state index contributed by atoms with van der Waals surface area (Å²) in [5, 5.41) is 4.17. The molecule has 1 aliphatic carbocycles. The minimum absolute atomic E-state index is 0.374. The van der Waals surface area contributed by atoms with Crippen molar-refractivity contribution in [2.24, 2.45) is 5.92 Å². The van der Waals surface area contributed by atoms with E-state index in [1.54, 1.807) is 0 Å². The lowest BCUT2D eigenvalue weighted by Gasteiger charge is -2.14. The molecule has 6 heteroatoms. The van der Waals surface area contributed by atoms with Gasteiger partial charge in [-0.1, -0.05) is 0 Å². The summed E-state index contributed by atoms with van der Waals surface area (Å²) in [4.78, 5) is 6.72. The maximum Gasteiger partial charge on any atom is 0.233 e. The average Bonchev–Trinajstić information content (AvgIpc) is 2.87. The molecule has 2 aliphatic rings. The standard InChI is InChI=1S/C10H17N5S/c11-9-13-10(16-14-9)12-5-7-3-4-15(6-7)8-1-2-8/h7-8H,1-6H2,(H3,11,12,13,14). The van der Waals surface area contributed by atoms with Crippen LogP contribution in [0.1, 0.15) is 19.3 Å². The lowest BCUT2D eigenvalue weighted by Crippen LogP contribution is -2.24. The highest BCUT2D eigenvalue weighted by Crippen LogP contribution is 2.31. The van der Waals surface area contributed by atoms with Gasteiger partial charge in [0, 0.05) is 30.7 Å². The Hall–Kier alpha value is -0.880. The van der Waals surface area contributed by atoms with Crippen molar-refractivity contribution in [2.45, 2.75) is 25.3 Å². The first kappa shape index (κ1) is 10.3. The van der Waals surface area contributed by atoms with Gasteiger partial charge in [-0.05, 0) is 31.7 Å². The van der Waals surface area contributed by atoms with Crippen LogP contribution in [0.25, 0.3) is 0 Å². The number of nitrogen functional groups attached to an aromatic ring is 1. The molecular weight excluding hydrogens is 222 g/mol. The van der Waals surface area contributed by atoms with Gasteiger partial charge in [0.1, 0.15) is 0 Å². The number of nitrogens with two attached hydrogens (primary N) is 1. The third-order valence-corrected chi connectivity index (χ3v) is 4.05. The van der Waals surface area contributed by atoms with Gasteiger partial charge in [0.25, 0.3) is 0 Å². The SMILES string of the molecule is Nc1nsc(NCC2CCN(C3CC3)C2)n1. The Bertz CT molecular complexity index is 362. The van der Waals surface area contributed by atoms with Crippen LogP contribution >= 0.6 is 11.5 Å². The zero-order valence-electron chi connectivity index (χ0n) is 9.22. The molecule has 2 fully saturated rings. The van der Waals surface area contributed by atoms with Crippen molar-refractivity contribution in [3.8, 4) is 0 Å². The Morgan fingerprint density at radius 2 is 2.31 bits per heavy atom. The van der Waals surface area contributed by atoms with Gasteiger partial charge in [-0.15, -0.1) is 0 Å². The second kappa shape index (κ2) is 4.18. The average molecular weight is 239 g/mol. The molecule has 1 aromatic heterocycles. The maximum atomic E-state index is 5.47. The predicted octanol–water partition coefficient (Wildman–Crippen LogP) is 1.02. The van der Waals surface area contributed by atoms with Crippen LogP contribution in [-0.4, -0.2) is 39.9 Å². The van der Waals surface area contributed by atoms with Gasteiger partial charge >= 0.3 is 0 Å². The van der Waals surface area contributed by atoms with Crippen molar-refractivity contribution >= 4 is 22.6 Å². The molecule has 0 aromatic carbocycles. The van der Waals surface area contributed by atoms with Crippen molar-refractivity contribution < 1.29 is 0 Å². The van der Waals surface area contributed by atoms with Crippen molar-refractivity contribution in [2.75, 3.05) is 30.7 Å². The Morgan fingerprint density at radius 1 is 1.44 bits per heavy atom. The van der Waals surface area contributed by atoms with Crippen LogP contribution in [0, 0.1) is 5.92 Å². The molecule has 16 heavy (non-hydrogen) atoms. The summed E-state index contributed by atoms with van der Waals surface area (Å²) in [5.41, 5.74) is 5.47. The van der Waals surface area contributed by atoms with Crippen molar-refractivity contribution in [1.82, 2.24) is 14.3 Å². The van der Waals surface area contributed by atoms with Crippen molar-refractivity contribution in [3.63, 3.8) is 0 Å². The molecule has 3 rings (SSSR count). The van der Waals surface area contributed by atoms with E-state index in [0.29, 0.717) is 5.95 Å². The fourth-order valence-electron chi connectivity index (χ4n) is 2.34. The van der Waals surface area contributed by atoms with E-state index in [1.807, 2.05) is 0 Å². The molecule has 0 bridgehead atoms. The van der Waals surface area contributed by atoms with E-state index in [-0.39, 0.29) is 0 Å². The molecule has 1 aromatic rings. The van der Waals surface area contributed by atoms with Crippen LogP contribution in [-0.2, 0) is 0 Å². The molecule has 1 saturated heterocycles. The van der Waals surface area contributed by atoms with Crippen LogP contribution in [0.3, 0.4) is 0 Å². The summed E-state index contributed by atoms with van der Waals surface area (Å²) in [7, 11) is 0. The molecule has 1 unspecified atom stereocenters. The Kier molecular flexibility index (Phi) is 2.69. The van der Waals surface area contributed by atoms with Crippen molar-refractivity contribution in [3.05, 3.63) is 0 Å². The zero-order chi connectivity index (χ0) is 11.0. The number of aromatic nitrogens is 2. The van der Waals surface area contributed by atoms with E-state index in [4.69, 9.17) is 5.73 Å². The van der Waals surface area contributed by atoms with Gasteiger partial charge in [-0.3, -0.25) is 0 Å². The number of hydrogen-bond acceptors (Lipinski definition) is 6. The van der Waals surface area contributed by atoms with Gasteiger partial charge < -0.3 is 16.0 Å². The van der Waals surface area contributed by atoms with Gasteiger partial charge in [0.05, 0.1) is 0 Å². The van der Waals surface area contributed by atoms with E-state index in [0.717, 1.165) is 23.6 Å². The Morgan fingerprint density at radius 3 is 3.00 bits per heavy atom. The van der Waals surface area contributed by atoms with Gasteiger partial charge in [0.15, 0.2) is 0 Å². The third-order valence-electron chi connectivity index (χ3n) is 3.36. The zero-order valence-corrected chi connectivity index (χ0v) is 10.0. The number of nitrogens with zero attached hydrogens (tertiary/aromatic N) is 3. The largest absolute Gasteiger partial charge is 0.367 e. The topological polar surface area (TPSA) is 67.1 Å². The highest BCUT2D eigenvalue weighted by atomic mass is 32.1. The fraction of sp³-hybridized carbons (Fsp3) is 0.800. The Labute approximate surface area is 99.2 Å². The first-order chi connectivity index (χ1) is 7.81. The maximum absolute atomic E-state index is 5.47. The van der Waals surface area contributed by atoms with Gasteiger partial charge in [0.2, 0.25) is 11.1 Å². The van der Waals surface area contributed by atoms with E-state index < -0.39 is 0 Å². The number of anilines is 2. The quantitative estimate of drug-likeness (QED) is 0.821. The van der Waals surface area contributed by atoms with Crippen LogP contribution in [0.4, 0.5) is 11.1 Å². The Balaban J connectivity index is 1.45. The molecule has 1 saturated carbocycles. The summed E-state index contributed by atoms with van der Waals surface area (Å²) >= 11 is 1.34. The highest BCUT2D eigenvalue weighted by Gasteiger charge is 2.34. The summed E-state index contributed by atoms with van der Waals surface area (Å²) in [6, 6.07) is 0.905. The van der Waals surface area contributed by atoms with Gasteiger partial charge in [-0.25, -0.2) is 0 Å². The number of hydrogen-bond donors (Lipinski definition) is 2. The molecule has 0 amide bonds. The number of likely N-dealkylation sites (tertiary alicyclic amines) is 1.